The molecule has 1 aromatic rings. The van der Waals surface area contributed by atoms with Crippen LogP contribution in [0.4, 0.5) is 0 Å². The molecule has 98 valence electrons. The van der Waals surface area contributed by atoms with E-state index in [2.05, 4.69) is 0 Å². The van der Waals surface area contributed by atoms with Gasteiger partial charge in [0.25, 0.3) is 5.91 Å². The molecule has 2 saturated heterocycles. The van der Waals surface area contributed by atoms with E-state index in [1.807, 2.05) is 23.6 Å². The maximum absolute atomic E-state index is 12.1. The van der Waals surface area contributed by atoms with Crippen LogP contribution in [-0.2, 0) is 4.74 Å². The number of furan rings is 1. The lowest BCUT2D eigenvalue weighted by molar-refractivity contribution is 0.0358. The van der Waals surface area contributed by atoms with E-state index in [1.54, 1.807) is 6.07 Å². The van der Waals surface area contributed by atoms with Gasteiger partial charge in [-0.15, -0.1) is 11.8 Å². The third-order valence-electron chi connectivity index (χ3n) is 3.59. The lowest BCUT2D eigenvalue weighted by Crippen LogP contribution is -2.60. The zero-order valence-electron chi connectivity index (χ0n) is 10.4. The third kappa shape index (κ3) is 2.06. The fraction of sp³-hybridized carbons (Fsp3) is 0.615. The number of hydrogen-bond donors (Lipinski definition) is 0. The van der Waals surface area contributed by atoms with E-state index in [9.17, 15) is 4.79 Å². The summed E-state index contributed by atoms with van der Waals surface area (Å²) in [5, 5.41) is 0. The van der Waals surface area contributed by atoms with Gasteiger partial charge in [-0.05, 0) is 19.4 Å². The summed E-state index contributed by atoms with van der Waals surface area (Å²) in [5.74, 6) is 1.14. The Labute approximate surface area is 111 Å². The summed E-state index contributed by atoms with van der Waals surface area (Å²) in [5.41, 5.74) is 0.647. The Morgan fingerprint density at radius 2 is 2.50 bits per heavy atom. The standard InChI is InChI=1S/C13H17NO3S/c1-2-17-11-5-13(18-7-11)8-14(9-13)12(15)10-3-4-16-6-10/h3-4,6,11H,2,5,7-9H2,1H3/t11-/m0/s1. The second-order valence-electron chi connectivity index (χ2n) is 4.95. The van der Waals surface area contributed by atoms with Crippen LogP contribution in [0.5, 0.6) is 0 Å². The van der Waals surface area contributed by atoms with Gasteiger partial charge < -0.3 is 14.1 Å². The summed E-state index contributed by atoms with van der Waals surface area (Å²) in [7, 11) is 0. The average molecular weight is 267 g/mol. The van der Waals surface area contributed by atoms with Gasteiger partial charge in [-0.25, -0.2) is 0 Å². The second-order valence-corrected chi connectivity index (χ2v) is 6.44. The molecule has 1 amide bonds. The highest BCUT2D eigenvalue weighted by Gasteiger charge is 2.50. The van der Waals surface area contributed by atoms with Crippen molar-refractivity contribution in [3.8, 4) is 0 Å². The molecule has 0 bridgehead atoms. The minimum Gasteiger partial charge on any atom is -0.472 e. The molecular formula is C13H17NO3S. The van der Waals surface area contributed by atoms with Crippen LogP contribution < -0.4 is 0 Å². The van der Waals surface area contributed by atoms with E-state index < -0.39 is 0 Å². The van der Waals surface area contributed by atoms with Crippen LogP contribution in [0.15, 0.2) is 23.0 Å². The van der Waals surface area contributed by atoms with Crippen LogP contribution in [0.2, 0.25) is 0 Å². The Hall–Kier alpha value is -0.940. The first-order chi connectivity index (χ1) is 8.72. The Morgan fingerprint density at radius 3 is 3.17 bits per heavy atom. The first-order valence-corrected chi connectivity index (χ1v) is 7.28. The quantitative estimate of drug-likeness (QED) is 0.840. The minimum atomic E-state index is 0.0786. The van der Waals surface area contributed by atoms with Crippen LogP contribution in [0.1, 0.15) is 23.7 Å². The molecule has 0 saturated carbocycles. The van der Waals surface area contributed by atoms with Crippen molar-refractivity contribution < 1.29 is 13.9 Å². The van der Waals surface area contributed by atoms with Crippen molar-refractivity contribution >= 4 is 17.7 Å². The number of thioether (sulfide) groups is 1. The summed E-state index contributed by atoms with van der Waals surface area (Å²) in [6, 6.07) is 1.72. The van der Waals surface area contributed by atoms with Crippen LogP contribution >= 0.6 is 11.8 Å². The molecule has 2 aliphatic rings. The topological polar surface area (TPSA) is 42.7 Å². The molecule has 3 heterocycles. The Balaban J connectivity index is 1.56. The van der Waals surface area contributed by atoms with Crippen molar-refractivity contribution in [1.82, 2.24) is 4.90 Å². The Kier molecular flexibility index (Phi) is 3.11. The zero-order valence-corrected chi connectivity index (χ0v) is 11.2. The third-order valence-corrected chi connectivity index (χ3v) is 5.17. The van der Waals surface area contributed by atoms with E-state index in [0.717, 1.165) is 31.9 Å². The Bertz CT molecular complexity index is 425. The number of ether oxygens (including phenoxy) is 1. The maximum Gasteiger partial charge on any atom is 0.257 e. The summed E-state index contributed by atoms with van der Waals surface area (Å²) >= 11 is 1.96. The van der Waals surface area contributed by atoms with Crippen molar-refractivity contribution in [1.29, 1.82) is 0 Å². The minimum absolute atomic E-state index is 0.0786. The zero-order chi connectivity index (χ0) is 12.6. The first kappa shape index (κ1) is 12.1. The van der Waals surface area contributed by atoms with E-state index in [4.69, 9.17) is 9.15 Å². The SMILES string of the molecule is CCO[C@@H]1CSC2(C1)CN(C(=O)c1ccoc1)C2. The number of nitrogens with zero attached hydrogens (tertiary/aromatic N) is 1. The monoisotopic (exact) mass is 267 g/mol. The van der Waals surface area contributed by atoms with Crippen molar-refractivity contribution in [2.45, 2.75) is 24.2 Å². The first-order valence-electron chi connectivity index (χ1n) is 6.29. The molecule has 0 aliphatic carbocycles. The molecule has 0 N–H and O–H groups in total. The predicted molar refractivity (Wildman–Crippen MR) is 69.8 cm³/mol. The fourth-order valence-electron chi connectivity index (χ4n) is 2.73. The lowest BCUT2D eigenvalue weighted by Gasteiger charge is -2.47. The van der Waals surface area contributed by atoms with Gasteiger partial charge in [0.2, 0.25) is 0 Å². The number of likely N-dealkylation sites (tertiary alicyclic amines) is 1. The van der Waals surface area contributed by atoms with Crippen molar-refractivity contribution in [3.05, 3.63) is 24.2 Å². The number of amides is 1. The van der Waals surface area contributed by atoms with E-state index in [1.165, 1.54) is 12.5 Å². The normalized spacial score (nSPS) is 25.4. The van der Waals surface area contributed by atoms with E-state index >= 15 is 0 Å². The van der Waals surface area contributed by atoms with Crippen molar-refractivity contribution in [2.75, 3.05) is 25.4 Å². The average Bonchev–Trinajstić information content (AvgIpc) is 2.95. The van der Waals surface area contributed by atoms with Crippen LogP contribution in [0.25, 0.3) is 0 Å². The number of carbonyl (C=O) groups excluding carboxylic acids is 1. The van der Waals surface area contributed by atoms with Gasteiger partial charge >= 0.3 is 0 Å². The molecule has 1 spiro atoms. The predicted octanol–water partition coefficient (Wildman–Crippen LogP) is 2.02. The molecule has 1 aromatic heterocycles. The van der Waals surface area contributed by atoms with Gasteiger partial charge in [0.15, 0.2) is 0 Å². The summed E-state index contributed by atoms with van der Waals surface area (Å²) in [6.45, 7) is 4.49. The molecule has 0 radical (unpaired) electrons. The number of hydrogen-bond acceptors (Lipinski definition) is 4. The summed E-state index contributed by atoms with van der Waals surface area (Å²) < 4.78 is 10.9. The van der Waals surface area contributed by atoms with Gasteiger partial charge in [0, 0.05) is 25.4 Å². The molecule has 3 rings (SSSR count). The van der Waals surface area contributed by atoms with Crippen molar-refractivity contribution in [2.24, 2.45) is 0 Å². The van der Waals surface area contributed by atoms with Gasteiger partial charge in [-0.3, -0.25) is 4.79 Å². The smallest absolute Gasteiger partial charge is 0.257 e. The molecule has 2 fully saturated rings. The van der Waals surface area contributed by atoms with Crippen LogP contribution in [0, 0.1) is 0 Å². The van der Waals surface area contributed by atoms with Crippen molar-refractivity contribution in [3.63, 3.8) is 0 Å². The second kappa shape index (κ2) is 4.63. The molecule has 0 aromatic carbocycles. The largest absolute Gasteiger partial charge is 0.472 e. The van der Waals surface area contributed by atoms with Gasteiger partial charge in [0.1, 0.15) is 6.26 Å². The molecule has 18 heavy (non-hydrogen) atoms. The fourth-order valence-corrected chi connectivity index (χ4v) is 4.28. The molecule has 2 aliphatic heterocycles. The summed E-state index contributed by atoms with van der Waals surface area (Å²) in [6.07, 6.45) is 4.49. The molecule has 1 atom stereocenters. The lowest BCUT2D eigenvalue weighted by atomic mass is 9.92. The Morgan fingerprint density at radius 1 is 1.67 bits per heavy atom. The number of rotatable bonds is 3. The van der Waals surface area contributed by atoms with Gasteiger partial charge in [0.05, 0.1) is 22.7 Å². The van der Waals surface area contributed by atoms with E-state index in [0.29, 0.717) is 11.7 Å². The summed E-state index contributed by atoms with van der Waals surface area (Å²) in [4.78, 5) is 14.0. The number of carbonyl (C=O) groups is 1. The highest BCUT2D eigenvalue weighted by atomic mass is 32.2. The highest BCUT2D eigenvalue weighted by Crippen LogP contribution is 2.46. The maximum atomic E-state index is 12.1. The van der Waals surface area contributed by atoms with Gasteiger partial charge in [-0.2, -0.15) is 0 Å². The van der Waals surface area contributed by atoms with E-state index in [-0.39, 0.29) is 10.7 Å². The highest BCUT2D eigenvalue weighted by molar-refractivity contribution is 8.01. The molecular weight excluding hydrogens is 250 g/mol. The molecule has 4 nitrogen and oxygen atoms in total. The molecule has 0 unspecified atom stereocenters. The molecule has 5 heteroatoms. The van der Waals surface area contributed by atoms with Gasteiger partial charge in [-0.1, -0.05) is 0 Å². The van der Waals surface area contributed by atoms with Crippen LogP contribution in [0.3, 0.4) is 0 Å². The van der Waals surface area contributed by atoms with Crippen LogP contribution in [-0.4, -0.2) is 47.1 Å².